The predicted molar refractivity (Wildman–Crippen MR) is 173 cm³/mol. The van der Waals surface area contributed by atoms with E-state index in [0.717, 1.165) is 22.5 Å². The first kappa shape index (κ1) is 36.4. The predicted octanol–water partition coefficient (Wildman–Crippen LogP) is 7.56. The summed E-state index contributed by atoms with van der Waals surface area (Å²) >= 11 is 0. The van der Waals surface area contributed by atoms with Gasteiger partial charge in [-0.15, -0.1) is 0 Å². The van der Waals surface area contributed by atoms with Crippen molar-refractivity contribution in [3.8, 4) is 5.75 Å². The summed E-state index contributed by atoms with van der Waals surface area (Å²) in [5, 5.41) is 0.102. The molecule has 0 aromatic heterocycles. The molecule has 0 N–H and O–H groups in total. The molecule has 0 aliphatic heterocycles. The molecule has 0 saturated heterocycles. The van der Waals surface area contributed by atoms with E-state index in [9.17, 15) is 14.4 Å². The Labute approximate surface area is 259 Å². The molecule has 2 rings (SSSR count). The van der Waals surface area contributed by atoms with Crippen LogP contribution in [0.5, 0.6) is 5.75 Å². The summed E-state index contributed by atoms with van der Waals surface area (Å²) in [6.45, 7) is 18.4. The molecule has 1 aliphatic rings. The minimum absolute atomic E-state index is 0.102. The van der Waals surface area contributed by atoms with Gasteiger partial charge in [0.05, 0.1) is 32.8 Å². The van der Waals surface area contributed by atoms with Crippen molar-refractivity contribution < 1.29 is 33.0 Å². The monoisotopic (exact) mass is 612 g/mol. The Morgan fingerprint density at radius 1 is 1.07 bits per heavy atom. The van der Waals surface area contributed by atoms with Gasteiger partial charge in [0, 0.05) is 25.0 Å². The van der Waals surface area contributed by atoms with Crippen LogP contribution >= 0.6 is 0 Å². The third kappa shape index (κ3) is 11.7. The number of rotatable bonds is 16. The zero-order chi connectivity index (χ0) is 32.2. The van der Waals surface area contributed by atoms with Gasteiger partial charge in [-0.1, -0.05) is 55.7 Å². The van der Waals surface area contributed by atoms with Crippen LogP contribution in [0.4, 0.5) is 0 Å². The van der Waals surface area contributed by atoms with Crippen LogP contribution in [0.15, 0.2) is 59.2 Å². The molecular formula is C35H52O7Si. The van der Waals surface area contributed by atoms with Gasteiger partial charge in [-0.05, 0) is 81.9 Å². The molecule has 0 heterocycles. The third-order valence-corrected chi connectivity index (χ3v) is 13.0. The molecule has 238 valence electrons. The van der Waals surface area contributed by atoms with E-state index in [-0.39, 0.29) is 35.6 Å². The number of hydrogen-bond acceptors (Lipinski definition) is 7. The van der Waals surface area contributed by atoms with E-state index in [2.05, 4.69) is 33.9 Å². The average Bonchev–Trinajstić information content (AvgIpc) is 2.92. The van der Waals surface area contributed by atoms with E-state index in [1.807, 2.05) is 37.3 Å². The smallest absolute Gasteiger partial charge is 0.330 e. The molecular weight excluding hydrogens is 560 g/mol. The molecule has 0 unspecified atom stereocenters. The lowest BCUT2D eigenvalue weighted by Crippen LogP contribution is -2.41. The maximum Gasteiger partial charge on any atom is 0.330 e. The van der Waals surface area contributed by atoms with E-state index in [1.54, 1.807) is 27.0 Å². The van der Waals surface area contributed by atoms with Gasteiger partial charge in [0.2, 0.25) is 0 Å². The lowest BCUT2D eigenvalue weighted by Gasteiger charge is -2.36. The fourth-order valence-corrected chi connectivity index (χ4v) is 5.85. The first-order chi connectivity index (χ1) is 20.2. The van der Waals surface area contributed by atoms with E-state index < -0.39 is 20.2 Å². The summed E-state index contributed by atoms with van der Waals surface area (Å²) in [6, 6.07) is 7.78. The molecule has 0 fully saturated rings. The van der Waals surface area contributed by atoms with Crippen molar-refractivity contribution in [2.24, 2.45) is 11.8 Å². The number of carbonyl (C=O) groups is 3. The molecule has 0 radical (unpaired) electrons. The number of benzene rings is 1. The minimum Gasteiger partial charge on any atom is -0.497 e. The standard InChI is InChI=1S/C35H52O7Si/c1-10-41-33(38)23-26(3)30-21-25(2)22-32(37)34(30)31(36)16-13-27(18-20-42-43(8,9)35(4,5)6)17-19-40-24-28-11-14-29(39-7)15-12-28/h11-15,22-23,30,34H,10,16-21,24H2,1-9H3/b26-23+,27-13+/t30-,34+/m0/s1. The average molecular weight is 613 g/mol. The first-order valence-corrected chi connectivity index (χ1v) is 18.2. The van der Waals surface area contributed by atoms with Crippen LogP contribution in [0, 0.1) is 11.8 Å². The number of ketones is 2. The van der Waals surface area contributed by atoms with Crippen molar-refractivity contribution in [2.75, 3.05) is 26.9 Å². The highest BCUT2D eigenvalue weighted by atomic mass is 28.4. The Morgan fingerprint density at radius 2 is 1.72 bits per heavy atom. The van der Waals surface area contributed by atoms with E-state index in [0.29, 0.717) is 44.7 Å². The van der Waals surface area contributed by atoms with Gasteiger partial charge in [-0.2, -0.15) is 0 Å². The van der Waals surface area contributed by atoms with Crippen LogP contribution in [0.2, 0.25) is 18.1 Å². The molecule has 43 heavy (non-hydrogen) atoms. The lowest BCUT2D eigenvalue weighted by atomic mass is 9.72. The molecule has 0 amide bonds. The van der Waals surface area contributed by atoms with Crippen LogP contribution in [0.3, 0.4) is 0 Å². The van der Waals surface area contributed by atoms with Crippen molar-refractivity contribution in [3.05, 3.63) is 64.8 Å². The molecule has 7 nitrogen and oxygen atoms in total. The maximum absolute atomic E-state index is 13.6. The van der Waals surface area contributed by atoms with Crippen LogP contribution < -0.4 is 4.74 Å². The van der Waals surface area contributed by atoms with Gasteiger partial charge in [0.1, 0.15) is 11.5 Å². The summed E-state index contributed by atoms with van der Waals surface area (Å²) in [7, 11) is -0.280. The molecule has 2 atom stereocenters. The molecule has 0 spiro atoms. The summed E-state index contributed by atoms with van der Waals surface area (Å²) in [5.74, 6) is -1.17. The van der Waals surface area contributed by atoms with Crippen molar-refractivity contribution in [1.29, 1.82) is 0 Å². The zero-order valence-electron chi connectivity index (χ0n) is 27.7. The van der Waals surface area contributed by atoms with Crippen molar-refractivity contribution in [2.45, 2.75) is 92.0 Å². The molecule has 1 aromatic carbocycles. The minimum atomic E-state index is -1.92. The highest BCUT2D eigenvalue weighted by Gasteiger charge is 2.38. The number of Topliss-reactive ketones (excluding diaryl/α,β-unsaturated/α-hetero) is 1. The van der Waals surface area contributed by atoms with Crippen molar-refractivity contribution in [3.63, 3.8) is 0 Å². The van der Waals surface area contributed by atoms with Crippen LogP contribution in [0.25, 0.3) is 0 Å². The second kappa shape index (κ2) is 16.9. The molecule has 0 bridgehead atoms. The van der Waals surface area contributed by atoms with Crippen LogP contribution in [-0.2, 0) is 34.9 Å². The van der Waals surface area contributed by atoms with E-state index in [4.69, 9.17) is 18.6 Å². The number of allylic oxidation sites excluding steroid dienone is 4. The second-order valence-electron chi connectivity index (χ2n) is 12.9. The number of hydrogen-bond donors (Lipinski definition) is 0. The Hall–Kier alpha value is -2.81. The number of esters is 1. The van der Waals surface area contributed by atoms with Gasteiger partial charge < -0.3 is 18.6 Å². The zero-order valence-corrected chi connectivity index (χ0v) is 28.7. The third-order valence-electron chi connectivity index (χ3n) is 8.48. The molecule has 8 heteroatoms. The summed E-state index contributed by atoms with van der Waals surface area (Å²) < 4.78 is 22.7. The van der Waals surface area contributed by atoms with Crippen LogP contribution in [0.1, 0.15) is 72.8 Å². The Bertz CT molecular complexity index is 1190. The molecule has 1 aromatic rings. The fraction of sp³-hybridized carbons (Fsp3) is 0.571. The van der Waals surface area contributed by atoms with Gasteiger partial charge in [-0.3, -0.25) is 9.59 Å². The van der Waals surface area contributed by atoms with Gasteiger partial charge in [0.15, 0.2) is 14.1 Å². The molecule has 0 saturated carbocycles. The highest BCUT2D eigenvalue weighted by Crippen LogP contribution is 2.37. The highest BCUT2D eigenvalue weighted by molar-refractivity contribution is 6.74. The van der Waals surface area contributed by atoms with Gasteiger partial charge in [0.25, 0.3) is 0 Å². The van der Waals surface area contributed by atoms with Gasteiger partial charge >= 0.3 is 5.97 Å². The van der Waals surface area contributed by atoms with E-state index >= 15 is 0 Å². The summed E-state index contributed by atoms with van der Waals surface area (Å²) in [5.41, 5.74) is 3.73. The maximum atomic E-state index is 13.6. The fourth-order valence-electron chi connectivity index (χ4n) is 4.81. The van der Waals surface area contributed by atoms with Crippen molar-refractivity contribution >= 4 is 25.9 Å². The topological polar surface area (TPSA) is 88.1 Å². The largest absolute Gasteiger partial charge is 0.497 e. The Balaban J connectivity index is 2.16. The SMILES string of the molecule is CCOC(=O)/C=C(\C)[C@@H]1CC(C)=CC(=O)[C@H]1C(=O)C/C=C(\CCOCc1ccc(OC)cc1)CCO[Si](C)(C)C(C)(C)C. The molecule has 1 aliphatic carbocycles. The second-order valence-corrected chi connectivity index (χ2v) is 17.7. The Kier molecular flexibility index (Phi) is 14.3. The number of ether oxygens (including phenoxy) is 3. The normalized spacial score (nSPS) is 18.3. The van der Waals surface area contributed by atoms with Crippen LogP contribution in [-0.4, -0.2) is 52.8 Å². The van der Waals surface area contributed by atoms with E-state index in [1.165, 1.54) is 6.08 Å². The quantitative estimate of drug-likeness (QED) is 0.0475. The number of carbonyl (C=O) groups excluding carboxylic acids is 3. The summed E-state index contributed by atoms with van der Waals surface area (Å²) in [4.78, 5) is 38.8. The Morgan fingerprint density at radius 3 is 2.33 bits per heavy atom. The number of methoxy groups -OCH3 is 1. The lowest BCUT2D eigenvalue weighted by molar-refractivity contribution is -0.138. The van der Waals surface area contributed by atoms with Gasteiger partial charge in [-0.25, -0.2) is 4.79 Å². The first-order valence-electron chi connectivity index (χ1n) is 15.3. The van der Waals surface area contributed by atoms with Crippen molar-refractivity contribution in [1.82, 2.24) is 0 Å². The summed E-state index contributed by atoms with van der Waals surface area (Å²) in [6.07, 6.45) is 6.98.